The third kappa shape index (κ3) is 3.33. The van der Waals surface area contributed by atoms with Gasteiger partial charge in [0.15, 0.2) is 0 Å². The van der Waals surface area contributed by atoms with Crippen molar-refractivity contribution in [3.8, 4) is 5.69 Å². The maximum atomic E-state index is 12.9. The van der Waals surface area contributed by atoms with E-state index in [1.54, 1.807) is 16.9 Å². The molecule has 1 amide bonds. The third-order valence-corrected chi connectivity index (χ3v) is 6.70. The van der Waals surface area contributed by atoms with Crippen LogP contribution in [0, 0.1) is 6.92 Å². The maximum Gasteiger partial charge on any atom is 0.267 e. The largest absolute Gasteiger partial charge is 0.321 e. The molecule has 0 saturated carbocycles. The van der Waals surface area contributed by atoms with Gasteiger partial charge in [0.25, 0.3) is 5.91 Å². The number of nitrogens with one attached hydrogen (secondary N) is 1. The molecular formula is C22H14Cl2N4OS. The van der Waals surface area contributed by atoms with Crippen LogP contribution in [0.4, 0.5) is 5.69 Å². The highest BCUT2D eigenvalue weighted by atomic mass is 35.5. The standard InChI is InChI=1S/C22H14Cl2N4OS/c1-12-10-17-18(27-28(26-17)14-8-6-13(23)7-9-14)11-16(12)25-22(29)21-20(24)15-4-2-3-5-19(15)30-21/h2-11H,1H3,(H,25,29). The molecule has 0 spiro atoms. The summed E-state index contributed by atoms with van der Waals surface area (Å²) < 4.78 is 0.978. The van der Waals surface area contributed by atoms with Crippen molar-refractivity contribution >= 4 is 67.3 Å². The molecule has 30 heavy (non-hydrogen) atoms. The van der Waals surface area contributed by atoms with Crippen LogP contribution >= 0.6 is 34.5 Å². The Kier molecular flexibility index (Phi) is 4.70. The molecule has 5 nitrogen and oxygen atoms in total. The predicted molar refractivity (Wildman–Crippen MR) is 123 cm³/mol. The number of aryl methyl sites for hydroxylation is 1. The molecule has 0 saturated heterocycles. The van der Waals surface area contributed by atoms with E-state index in [9.17, 15) is 4.79 Å². The first-order valence-corrected chi connectivity index (χ1v) is 10.7. The number of benzene rings is 3. The smallest absolute Gasteiger partial charge is 0.267 e. The lowest BCUT2D eigenvalue weighted by Crippen LogP contribution is -2.11. The molecule has 3 aromatic carbocycles. The zero-order chi connectivity index (χ0) is 20.8. The number of fused-ring (bicyclic) bond motifs is 2. The van der Waals surface area contributed by atoms with E-state index in [2.05, 4.69) is 15.5 Å². The van der Waals surface area contributed by atoms with Crippen LogP contribution < -0.4 is 5.32 Å². The van der Waals surface area contributed by atoms with Gasteiger partial charge in [0, 0.05) is 20.8 Å². The first-order valence-electron chi connectivity index (χ1n) is 9.11. The SMILES string of the molecule is Cc1cc2nn(-c3ccc(Cl)cc3)nc2cc1NC(=O)c1sc2ccccc2c1Cl. The lowest BCUT2D eigenvalue weighted by Gasteiger charge is -2.07. The summed E-state index contributed by atoms with van der Waals surface area (Å²) in [6, 6.07) is 18.7. The number of thiophene rings is 1. The Morgan fingerprint density at radius 2 is 1.70 bits per heavy atom. The molecule has 0 unspecified atom stereocenters. The number of halogens is 2. The van der Waals surface area contributed by atoms with E-state index in [0.717, 1.165) is 26.9 Å². The molecule has 5 rings (SSSR count). The first kappa shape index (κ1) is 19.1. The van der Waals surface area contributed by atoms with Crippen molar-refractivity contribution in [1.82, 2.24) is 15.0 Å². The summed E-state index contributed by atoms with van der Waals surface area (Å²) in [5, 5.41) is 14.0. The molecule has 5 aromatic rings. The summed E-state index contributed by atoms with van der Waals surface area (Å²) in [5.74, 6) is -0.242. The molecular weight excluding hydrogens is 439 g/mol. The van der Waals surface area contributed by atoms with E-state index < -0.39 is 0 Å². The Labute approximate surface area is 185 Å². The van der Waals surface area contributed by atoms with Gasteiger partial charge in [-0.2, -0.15) is 4.80 Å². The van der Waals surface area contributed by atoms with Crippen molar-refractivity contribution in [2.75, 3.05) is 5.32 Å². The maximum absolute atomic E-state index is 12.9. The molecule has 0 radical (unpaired) electrons. The highest BCUT2D eigenvalue weighted by Crippen LogP contribution is 2.36. The number of carbonyl (C=O) groups is 1. The van der Waals surface area contributed by atoms with Crippen LogP contribution in [0.25, 0.3) is 26.8 Å². The van der Waals surface area contributed by atoms with Gasteiger partial charge in [0.05, 0.1) is 10.7 Å². The highest BCUT2D eigenvalue weighted by Gasteiger charge is 2.18. The zero-order valence-corrected chi connectivity index (χ0v) is 18.0. The van der Waals surface area contributed by atoms with Crippen molar-refractivity contribution in [1.29, 1.82) is 0 Å². The Hall–Kier alpha value is -2.93. The third-order valence-electron chi connectivity index (χ3n) is 4.77. The molecule has 0 bridgehead atoms. The number of rotatable bonds is 3. The lowest BCUT2D eigenvalue weighted by molar-refractivity contribution is 0.103. The fourth-order valence-electron chi connectivity index (χ4n) is 3.23. The molecule has 8 heteroatoms. The van der Waals surface area contributed by atoms with Crippen molar-refractivity contribution in [3.05, 3.63) is 81.1 Å². The summed E-state index contributed by atoms with van der Waals surface area (Å²) in [4.78, 5) is 15.0. The monoisotopic (exact) mass is 452 g/mol. The molecule has 0 aliphatic heterocycles. The molecule has 0 fully saturated rings. The van der Waals surface area contributed by atoms with Crippen LogP contribution in [-0.2, 0) is 0 Å². The normalized spacial score (nSPS) is 11.3. The van der Waals surface area contributed by atoms with Crippen LogP contribution in [0.3, 0.4) is 0 Å². The summed E-state index contributed by atoms with van der Waals surface area (Å²) in [7, 11) is 0. The quantitative estimate of drug-likeness (QED) is 0.339. The first-order chi connectivity index (χ1) is 14.5. The minimum Gasteiger partial charge on any atom is -0.321 e. The highest BCUT2D eigenvalue weighted by molar-refractivity contribution is 7.21. The lowest BCUT2D eigenvalue weighted by atomic mass is 10.1. The Morgan fingerprint density at radius 1 is 1.00 bits per heavy atom. The van der Waals surface area contributed by atoms with Gasteiger partial charge in [-0.3, -0.25) is 4.79 Å². The van der Waals surface area contributed by atoms with Crippen molar-refractivity contribution in [3.63, 3.8) is 0 Å². The van der Waals surface area contributed by atoms with Crippen LogP contribution in [0.15, 0.2) is 60.7 Å². The molecule has 0 aliphatic rings. The number of amides is 1. The molecule has 148 valence electrons. The van der Waals surface area contributed by atoms with Gasteiger partial charge in [-0.05, 0) is 55.0 Å². The van der Waals surface area contributed by atoms with Crippen molar-refractivity contribution < 1.29 is 4.79 Å². The van der Waals surface area contributed by atoms with Gasteiger partial charge in [0.1, 0.15) is 15.9 Å². The van der Waals surface area contributed by atoms with Gasteiger partial charge in [-0.1, -0.05) is 41.4 Å². The van der Waals surface area contributed by atoms with Crippen LogP contribution in [0.2, 0.25) is 10.0 Å². The number of carbonyl (C=O) groups excluding carboxylic acids is 1. The summed E-state index contributed by atoms with van der Waals surface area (Å²) in [6.45, 7) is 1.92. The van der Waals surface area contributed by atoms with E-state index in [0.29, 0.717) is 26.1 Å². The van der Waals surface area contributed by atoms with Crippen LogP contribution in [0.1, 0.15) is 15.2 Å². The number of hydrogen-bond donors (Lipinski definition) is 1. The van der Waals surface area contributed by atoms with Crippen LogP contribution in [-0.4, -0.2) is 20.9 Å². The summed E-state index contributed by atoms with van der Waals surface area (Å²) in [5.41, 5.74) is 3.77. The molecule has 2 aromatic heterocycles. The number of aromatic nitrogens is 3. The number of nitrogens with zero attached hydrogens (tertiary/aromatic N) is 3. The fraction of sp³-hybridized carbons (Fsp3) is 0.0455. The number of anilines is 1. The van der Waals surface area contributed by atoms with Gasteiger partial charge < -0.3 is 5.32 Å². The second kappa shape index (κ2) is 7.40. The van der Waals surface area contributed by atoms with Gasteiger partial charge in [-0.25, -0.2) is 0 Å². The average Bonchev–Trinajstić information content (AvgIpc) is 3.30. The predicted octanol–water partition coefficient (Wildman–Crippen LogP) is 6.50. The van der Waals surface area contributed by atoms with Crippen LogP contribution in [0.5, 0.6) is 0 Å². The van der Waals surface area contributed by atoms with Crippen molar-refractivity contribution in [2.45, 2.75) is 6.92 Å². The second-order valence-electron chi connectivity index (χ2n) is 6.82. The minimum atomic E-state index is -0.242. The zero-order valence-electron chi connectivity index (χ0n) is 15.7. The van der Waals surface area contributed by atoms with Gasteiger partial charge in [-0.15, -0.1) is 21.5 Å². The molecule has 0 aliphatic carbocycles. The molecule has 1 N–H and O–H groups in total. The van der Waals surface area contributed by atoms with Gasteiger partial charge in [0.2, 0.25) is 0 Å². The number of hydrogen-bond acceptors (Lipinski definition) is 4. The van der Waals surface area contributed by atoms with E-state index in [-0.39, 0.29) is 5.91 Å². The van der Waals surface area contributed by atoms with E-state index >= 15 is 0 Å². The van der Waals surface area contributed by atoms with Gasteiger partial charge >= 0.3 is 0 Å². The Balaban J connectivity index is 1.49. The summed E-state index contributed by atoms with van der Waals surface area (Å²) >= 11 is 13.8. The van der Waals surface area contributed by atoms with E-state index in [1.807, 2.05) is 55.5 Å². The average molecular weight is 453 g/mol. The summed E-state index contributed by atoms with van der Waals surface area (Å²) in [6.07, 6.45) is 0. The van der Waals surface area contributed by atoms with Crippen molar-refractivity contribution in [2.24, 2.45) is 0 Å². The molecule has 0 atom stereocenters. The molecule has 2 heterocycles. The minimum absolute atomic E-state index is 0.242. The topological polar surface area (TPSA) is 59.8 Å². The Bertz CT molecular complexity index is 1420. The Morgan fingerprint density at radius 3 is 2.43 bits per heavy atom. The van der Waals surface area contributed by atoms with E-state index in [1.165, 1.54) is 11.3 Å². The fourth-order valence-corrected chi connectivity index (χ4v) is 4.77. The van der Waals surface area contributed by atoms with E-state index in [4.69, 9.17) is 23.2 Å². The second-order valence-corrected chi connectivity index (χ2v) is 8.68.